The molecule has 0 bridgehead atoms. The van der Waals surface area contributed by atoms with Crippen LogP contribution in [0, 0.1) is 6.92 Å². The van der Waals surface area contributed by atoms with Crippen molar-refractivity contribution in [2.75, 3.05) is 12.4 Å². The molecule has 0 aliphatic carbocycles. The molecule has 28 heavy (non-hydrogen) atoms. The number of carbonyl (C=O) groups is 1. The van der Waals surface area contributed by atoms with E-state index in [1.165, 1.54) is 7.11 Å². The molecule has 2 aromatic carbocycles. The number of amides is 1. The van der Waals surface area contributed by atoms with Crippen molar-refractivity contribution in [2.24, 2.45) is 0 Å². The Morgan fingerprint density at radius 3 is 2.79 bits per heavy atom. The fourth-order valence-corrected chi connectivity index (χ4v) is 3.15. The standard InChI is InChI=1S/C21H16ClN3O3/c1-12-5-7-14(15(22)10-12)20(26)24-16-11-13(6-8-17(16)27-2)21-25-19-18(28-21)4-3-9-23-19/h3-11H,1-2H3,(H,24,26). The van der Waals surface area contributed by atoms with E-state index in [1.807, 2.05) is 13.0 Å². The largest absolute Gasteiger partial charge is 0.495 e. The molecule has 7 heteroatoms. The van der Waals surface area contributed by atoms with Crippen LogP contribution in [0.1, 0.15) is 15.9 Å². The summed E-state index contributed by atoms with van der Waals surface area (Å²) in [5.41, 5.74) is 3.63. The number of benzene rings is 2. The van der Waals surface area contributed by atoms with Crippen LogP contribution >= 0.6 is 11.6 Å². The second-order valence-corrected chi connectivity index (χ2v) is 6.60. The molecule has 140 valence electrons. The van der Waals surface area contributed by atoms with E-state index in [-0.39, 0.29) is 5.91 Å². The SMILES string of the molecule is COc1ccc(-c2nc3ncccc3o2)cc1NC(=O)c1ccc(C)cc1Cl. The monoisotopic (exact) mass is 393 g/mol. The molecule has 0 saturated carbocycles. The van der Waals surface area contributed by atoms with E-state index in [0.29, 0.717) is 44.7 Å². The highest BCUT2D eigenvalue weighted by atomic mass is 35.5. The van der Waals surface area contributed by atoms with Crippen LogP contribution in [0.3, 0.4) is 0 Å². The zero-order chi connectivity index (χ0) is 19.7. The number of pyridine rings is 1. The molecule has 1 amide bonds. The van der Waals surface area contributed by atoms with Crippen molar-refractivity contribution >= 4 is 34.4 Å². The van der Waals surface area contributed by atoms with E-state index in [2.05, 4.69) is 15.3 Å². The molecule has 2 aromatic heterocycles. The van der Waals surface area contributed by atoms with Crippen LogP contribution < -0.4 is 10.1 Å². The second-order valence-electron chi connectivity index (χ2n) is 6.20. The molecule has 0 aliphatic rings. The van der Waals surface area contributed by atoms with E-state index in [4.69, 9.17) is 20.8 Å². The van der Waals surface area contributed by atoms with Crippen molar-refractivity contribution in [1.82, 2.24) is 9.97 Å². The smallest absolute Gasteiger partial charge is 0.257 e. The van der Waals surface area contributed by atoms with Crippen LogP contribution in [-0.4, -0.2) is 23.0 Å². The average Bonchev–Trinajstić information content (AvgIpc) is 3.12. The van der Waals surface area contributed by atoms with Gasteiger partial charge in [-0.3, -0.25) is 4.79 Å². The summed E-state index contributed by atoms with van der Waals surface area (Å²) in [4.78, 5) is 21.3. The zero-order valence-corrected chi connectivity index (χ0v) is 15.9. The van der Waals surface area contributed by atoms with Crippen molar-refractivity contribution in [3.8, 4) is 17.2 Å². The lowest BCUT2D eigenvalue weighted by atomic mass is 10.1. The maximum atomic E-state index is 12.7. The number of aromatic nitrogens is 2. The van der Waals surface area contributed by atoms with Crippen molar-refractivity contribution in [1.29, 1.82) is 0 Å². The molecule has 0 aliphatic heterocycles. The summed E-state index contributed by atoms with van der Waals surface area (Å²) >= 11 is 6.21. The molecule has 1 N–H and O–H groups in total. The Labute approximate surface area is 166 Å². The van der Waals surface area contributed by atoms with Crippen LogP contribution in [0.2, 0.25) is 5.02 Å². The first-order chi connectivity index (χ1) is 13.5. The number of rotatable bonds is 4. The van der Waals surface area contributed by atoms with Gasteiger partial charge in [0.2, 0.25) is 5.89 Å². The van der Waals surface area contributed by atoms with Gasteiger partial charge < -0.3 is 14.5 Å². The molecule has 4 rings (SSSR count). The number of oxazole rings is 1. The topological polar surface area (TPSA) is 77.2 Å². The number of ether oxygens (including phenoxy) is 1. The van der Waals surface area contributed by atoms with Crippen molar-refractivity contribution in [2.45, 2.75) is 6.92 Å². The van der Waals surface area contributed by atoms with Gasteiger partial charge >= 0.3 is 0 Å². The summed E-state index contributed by atoms with van der Waals surface area (Å²) in [5.74, 6) is 0.578. The molecule has 2 heterocycles. The van der Waals surface area contributed by atoms with E-state index in [9.17, 15) is 4.79 Å². The van der Waals surface area contributed by atoms with Gasteiger partial charge in [-0.05, 0) is 55.0 Å². The summed E-state index contributed by atoms with van der Waals surface area (Å²) in [5, 5.41) is 3.24. The van der Waals surface area contributed by atoms with Crippen LogP contribution in [0.25, 0.3) is 22.7 Å². The fraction of sp³-hybridized carbons (Fsp3) is 0.0952. The predicted molar refractivity (Wildman–Crippen MR) is 108 cm³/mol. The highest BCUT2D eigenvalue weighted by molar-refractivity contribution is 6.34. The number of aryl methyl sites for hydroxylation is 1. The maximum Gasteiger partial charge on any atom is 0.257 e. The summed E-state index contributed by atoms with van der Waals surface area (Å²) in [7, 11) is 1.53. The van der Waals surface area contributed by atoms with E-state index >= 15 is 0 Å². The van der Waals surface area contributed by atoms with Crippen LogP contribution in [0.5, 0.6) is 5.75 Å². The lowest BCUT2D eigenvalue weighted by Gasteiger charge is -2.12. The molecular formula is C21H16ClN3O3. The number of carbonyl (C=O) groups excluding carboxylic acids is 1. The van der Waals surface area contributed by atoms with Gasteiger partial charge in [-0.25, -0.2) is 4.98 Å². The van der Waals surface area contributed by atoms with Gasteiger partial charge in [-0.2, -0.15) is 4.98 Å². The molecule has 0 unspecified atom stereocenters. The third kappa shape index (κ3) is 3.42. The Bertz CT molecular complexity index is 1150. The van der Waals surface area contributed by atoms with E-state index in [1.54, 1.807) is 48.7 Å². The minimum Gasteiger partial charge on any atom is -0.495 e. The number of hydrogen-bond acceptors (Lipinski definition) is 5. The normalized spacial score (nSPS) is 10.8. The molecule has 0 radical (unpaired) electrons. The van der Waals surface area contributed by atoms with Crippen molar-refractivity contribution in [3.05, 3.63) is 70.9 Å². The molecule has 6 nitrogen and oxygen atoms in total. The maximum absolute atomic E-state index is 12.7. The van der Waals surface area contributed by atoms with Crippen molar-refractivity contribution < 1.29 is 13.9 Å². The third-order valence-electron chi connectivity index (χ3n) is 4.23. The Morgan fingerprint density at radius 1 is 1.18 bits per heavy atom. The Balaban J connectivity index is 1.69. The van der Waals surface area contributed by atoms with Crippen LogP contribution in [-0.2, 0) is 0 Å². The molecule has 4 aromatic rings. The lowest BCUT2D eigenvalue weighted by molar-refractivity contribution is 0.102. The Morgan fingerprint density at radius 2 is 2.04 bits per heavy atom. The average molecular weight is 394 g/mol. The first-order valence-electron chi connectivity index (χ1n) is 8.52. The molecule has 0 spiro atoms. The van der Waals surface area contributed by atoms with Gasteiger partial charge in [0.25, 0.3) is 5.91 Å². The highest BCUT2D eigenvalue weighted by Crippen LogP contribution is 2.32. The number of halogens is 1. The van der Waals surface area contributed by atoms with Gasteiger partial charge in [-0.15, -0.1) is 0 Å². The van der Waals surface area contributed by atoms with Gasteiger partial charge in [0.05, 0.1) is 23.4 Å². The molecule has 0 atom stereocenters. The van der Waals surface area contributed by atoms with Crippen LogP contribution in [0.15, 0.2) is 59.1 Å². The quantitative estimate of drug-likeness (QED) is 0.521. The van der Waals surface area contributed by atoms with Crippen molar-refractivity contribution in [3.63, 3.8) is 0 Å². The minimum atomic E-state index is -0.334. The summed E-state index contributed by atoms with van der Waals surface area (Å²) in [6.07, 6.45) is 1.65. The zero-order valence-electron chi connectivity index (χ0n) is 15.2. The Kier molecular flexibility index (Phi) is 4.71. The molecule has 0 fully saturated rings. The minimum absolute atomic E-state index is 0.334. The number of nitrogens with zero attached hydrogens (tertiary/aromatic N) is 2. The number of methoxy groups -OCH3 is 1. The third-order valence-corrected chi connectivity index (χ3v) is 4.54. The summed E-state index contributed by atoms with van der Waals surface area (Å²) in [6.45, 7) is 1.91. The van der Waals surface area contributed by atoms with Gasteiger partial charge in [0.1, 0.15) is 5.75 Å². The Hall–Kier alpha value is -3.38. The number of hydrogen-bond donors (Lipinski definition) is 1. The highest BCUT2D eigenvalue weighted by Gasteiger charge is 2.16. The number of fused-ring (bicyclic) bond motifs is 1. The summed E-state index contributed by atoms with van der Waals surface area (Å²) in [6, 6.07) is 14.1. The summed E-state index contributed by atoms with van der Waals surface area (Å²) < 4.78 is 11.1. The molecular weight excluding hydrogens is 378 g/mol. The van der Waals surface area contributed by atoms with E-state index < -0.39 is 0 Å². The molecule has 0 saturated heterocycles. The predicted octanol–water partition coefficient (Wildman–Crippen LogP) is 5.11. The van der Waals surface area contributed by atoms with Gasteiger partial charge in [0.15, 0.2) is 11.2 Å². The number of anilines is 1. The second kappa shape index (κ2) is 7.32. The van der Waals surface area contributed by atoms with Gasteiger partial charge in [-0.1, -0.05) is 17.7 Å². The first-order valence-corrected chi connectivity index (χ1v) is 8.90. The van der Waals surface area contributed by atoms with E-state index in [0.717, 1.165) is 5.56 Å². The fourth-order valence-electron chi connectivity index (χ4n) is 2.83. The lowest BCUT2D eigenvalue weighted by Crippen LogP contribution is -2.13. The first kappa shape index (κ1) is 18.0. The number of nitrogens with one attached hydrogen (secondary N) is 1. The van der Waals surface area contributed by atoms with Gasteiger partial charge in [0, 0.05) is 11.8 Å². The van der Waals surface area contributed by atoms with Crippen LogP contribution in [0.4, 0.5) is 5.69 Å².